The Kier molecular flexibility index (Phi) is 3.74. The van der Waals surface area contributed by atoms with E-state index >= 15 is 0 Å². The van der Waals surface area contributed by atoms with Crippen LogP contribution >= 0.6 is 27.3 Å². The maximum absolute atomic E-state index is 12.2. The molecule has 2 heterocycles. The zero-order chi connectivity index (χ0) is 15.2. The average Bonchev–Trinajstić information content (AvgIpc) is 2.72. The van der Waals surface area contributed by atoms with Crippen molar-refractivity contribution in [2.75, 3.05) is 6.54 Å². The molecule has 1 aromatic carbocycles. The fourth-order valence-electron chi connectivity index (χ4n) is 2.54. The second-order valence-corrected chi connectivity index (χ2v) is 8.35. The van der Waals surface area contributed by atoms with Crippen LogP contribution in [0.15, 0.2) is 22.7 Å². The number of hydrogen-bond acceptors (Lipinski definition) is 3. The van der Waals surface area contributed by atoms with E-state index in [1.54, 1.807) is 0 Å². The van der Waals surface area contributed by atoms with Gasteiger partial charge in [0.15, 0.2) is 0 Å². The molecule has 3 rings (SSSR count). The molecule has 0 fully saturated rings. The topological polar surface area (TPSA) is 29.5 Å². The van der Waals surface area contributed by atoms with Crippen LogP contribution in [0.25, 0.3) is 10.1 Å². The minimum atomic E-state index is -0.445. The molecule has 0 radical (unpaired) electrons. The molecule has 1 amide bonds. The second-order valence-electron chi connectivity index (χ2n) is 6.30. The highest BCUT2D eigenvalue weighted by Gasteiger charge is 2.27. The Morgan fingerprint density at radius 2 is 2.14 bits per heavy atom. The Balaban J connectivity index is 1.88. The van der Waals surface area contributed by atoms with Crippen LogP contribution in [0.2, 0.25) is 0 Å². The first-order valence-electron chi connectivity index (χ1n) is 7.01. The zero-order valence-corrected chi connectivity index (χ0v) is 14.8. The number of benzene rings is 1. The number of fused-ring (bicyclic) bond motifs is 3. The molecule has 0 saturated heterocycles. The molecule has 0 bridgehead atoms. The number of rotatable bonds is 0. The van der Waals surface area contributed by atoms with Crippen molar-refractivity contribution < 1.29 is 9.53 Å². The molecular formula is C16H18BrNO2S. The minimum absolute atomic E-state index is 0.218. The Bertz CT molecular complexity index is 702. The van der Waals surface area contributed by atoms with E-state index in [1.165, 1.54) is 20.5 Å². The Labute approximate surface area is 137 Å². The van der Waals surface area contributed by atoms with Gasteiger partial charge in [0, 0.05) is 20.6 Å². The van der Waals surface area contributed by atoms with Gasteiger partial charge in [0.2, 0.25) is 0 Å². The van der Waals surface area contributed by atoms with Crippen molar-refractivity contribution in [1.29, 1.82) is 0 Å². The zero-order valence-electron chi connectivity index (χ0n) is 12.4. The lowest BCUT2D eigenvalue weighted by Gasteiger charge is -2.30. The van der Waals surface area contributed by atoms with Gasteiger partial charge in [0.1, 0.15) is 5.60 Å². The highest BCUT2D eigenvalue weighted by Crippen LogP contribution is 2.36. The van der Waals surface area contributed by atoms with Crippen molar-refractivity contribution in [3.8, 4) is 0 Å². The van der Waals surface area contributed by atoms with Gasteiger partial charge >= 0.3 is 6.09 Å². The van der Waals surface area contributed by atoms with Gasteiger partial charge in [-0.2, -0.15) is 0 Å². The number of carbonyl (C=O) groups excluding carboxylic acids is 1. The number of thiophene rings is 1. The molecule has 1 aromatic heterocycles. The maximum atomic E-state index is 12.2. The summed E-state index contributed by atoms with van der Waals surface area (Å²) in [6.07, 6.45) is 0.690. The third-order valence-electron chi connectivity index (χ3n) is 3.45. The predicted molar refractivity (Wildman–Crippen MR) is 89.9 cm³/mol. The van der Waals surface area contributed by atoms with Crippen molar-refractivity contribution >= 4 is 43.4 Å². The summed E-state index contributed by atoms with van der Waals surface area (Å²) >= 11 is 5.35. The van der Waals surface area contributed by atoms with Gasteiger partial charge in [-0.3, -0.25) is 0 Å². The monoisotopic (exact) mass is 367 g/mol. The minimum Gasteiger partial charge on any atom is -0.444 e. The number of ether oxygens (including phenoxy) is 1. The number of nitrogens with zero attached hydrogens (tertiary/aromatic N) is 1. The summed E-state index contributed by atoms with van der Waals surface area (Å²) in [5.41, 5.74) is 0.832. The maximum Gasteiger partial charge on any atom is 0.410 e. The fourth-order valence-corrected chi connectivity index (χ4v) is 4.29. The number of hydrogen-bond donors (Lipinski definition) is 0. The van der Waals surface area contributed by atoms with Gasteiger partial charge in [-0.05, 0) is 50.3 Å². The average molecular weight is 368 g/mol. The van der Waals surface area contributed by atoms with Crippen LogP contribution in [0.3, 0.4) is 0 Å². The highest BCUT2D eigenvalue weighted by atomic mass is 79.9. The summed E-state index contributed by atoms with van der Waals surface area (Å²) in [5, 5.41) is 1.26. The van der Waals surface area contributed by atoms with Crippen LogP contribution in [0, 0.1) is 0 Å². The molecule has 0 unspecified atom stereocenters. The molecule has 21 heavy (non-hydrogen) atoms. The number of halogens is 1. The molecule has 1 aliphatic rings. The summed E-state index contributed by atoms with van der Waals surface area (Å²) < 4.78 is 7.86. The normalized spacial score (nSPS) is 15.1. The number of carbonyl (C=O) groups is 1. The molecule has 0 atom stereocenters. The predicted octanol–water partition coefficient (Wildman–Crippen LogP) is 4.96. The molecule has 0 aliphatic carbocycles. The molecule has 3 nitrogen and oxygen atoms in total. The standard InChI is InChI=1S/C16H18BrNO2S/c1-16(2,3)20-15(19)18-7-6-13-12(9-18)11-5-4-10(17)8-14(11)21-13/h4-5,8H,6-7,9H2,1-3H3. The highest BCUT2D eigenvalue weighted by molar-refractivity contribution is 9.10. The molecule has 112 valence electrons. The third-order valence-corrected chi connectivity index (χ3v) is 5.20. The van der Waals surface area contributed by atoms with Crippen molar-refractivity contribution in [3.05, 3.63) is 33.1 Å². The van der Waals surface area contributed by atoms with E-state index in [0.717, 1.165) is 17.4 Å². The molecule has 0 N–H and O–H groups in total. The van der Waals surface area contributed by atoms with E-state index < -0.39 is 5.60 Å². The molecular weight excluding hydrogens is 350 g/mol. The molecule has 5 heteroatoms. The lowest BCUT2D eigenvalue weighted by atomic mass is 10.1. The van der Waals surface area contributed by atoms with Crippen molar-refractivity contribution in [1.82, 2.24) is 4.90 Å². The summed E-state index contributed by atoms with van der Waals surface area (Å²) in [5.74, 6) is 0. The van der Waals surface area contributed by atoms with E-state index in [4.69, 9.17) is 4.74 Å². The van der Waals surface area contributed by atoms with Crippen LogP contribution in [-0.4, -0.2) is 23.1 Å². The Morgan fingerprint density at radius 3 is 2.86 bits per heavy atom. The van der Waals surface area contributed by atoms with E-state index in [2.05, 4.69) is 34.1 Å². The number of amides is 1. The van der Waals surface area contributed by atoms with Gasteiger partial charge in [-0.25, -0.2) is 4.79 Å². The third kappa shape index (κ3) is 3.09. The van der Waals surface area contributed by atoms with Crippen LogP contribution in [0.4, 0.5) is 4.79 Å². The van der Waals surface area contributed by atoms with E-state index in [1.807, 2.05) is 37.0 Å². The fraction of sp³-hybridized carbons (Fsp3) is 0.438. The van der Waals surface area contributed by atoms with Crippen molar-refractivity contribution in [2.45, 2.75) is 39.3 Å². The van der Waals surface area contributed by atoms with Crippen molar-refractivity contribution in [3.63, 3.8) is 0 Å². The van der Waals surface area contributed by atoms with Gasteiger partial charge in [0.05, 0.1) is 6.54 Å². The first-order valence-corrected chi connectivity index (χ1v) is 8.62. The van der Waals surface area contributed by atoms with Crippen LogP contribution < -0.4 is 0 Å². The van der Waals surface area contributed by atoms with Gasteiger partial charge in [0.25, 0.3) is 0 Å². The lowest BCUT2D eigenvalue weighted by Crippen LogP contribution is -2.39. The molecule has 0 spiro atoms. The quantitative estimate of drug-likeness (QED) is 0.658. The van der Waals surface area contributed by atoms with Crippen LogP contribution in [-0.2, 0) is 17.7 Å². The van der Waals surface area contributed by atoms with E-state index in [-0.39, 0.29) is 6.09 Å². The SMILES string of the molecule is CC(C)(C)OC(=O)N1CCc2sc3cc(Br)ccc3c2C1. The van der Waals surface area contributed by atoms with E-state index in [9.17, 15) is 4.79 Å². The Hall–Kier alpha value is -1.07. The second kappa shape index (κ2) is 5.29. The van der Waals surface area contributed by atoms with Gasteiger partial charge < -0.3 is 9.64 Å². The van der Waals surface area contributed by atoms with Crippen LogP contribution in [0.5, 0.6) is 0 Å². The molecule has 0 saturated carbocycles. The summed E-state index contributed by atoms with van der Waals surface area (Å²) in [6, 6.07) is 6.34. The molecule has 1 aliphatic heterocycles. The first-order chi connectivity index (χ1) is 9.83. The summed E-state index contributed by atoms with van der Waals surface area (Å²) in [6.45, 7) is 7.08. The first kappa shape index (κ1) is 14.9. The van der Waals surface area contributed by atoms with Crippen molar-refractivity contribution in [2.24, 2.45) is 0 Å². The lowest BCUT2D eigenvalue weighted by molar-refractivity contribution is 0.0226. The van der Waals surface area contributed by atoms with Gasteiger partial charge in [-0.15, -0.1) is 11.3 Å². The smallest absolute Gasteiger partial charge is 0.410 e. The Morgan fingerprint density at radius 1 is 1.38 bits per heavy atom. The summed E-state index contributed by atoms with van der Waals surface area (Å²) in [7, 11) is 0. The van der Waals surface area contributed by atoms with Gasteiger partial charge in [-0.1, -0.05) is 22.0 Å². The summed E-state index contributed by atoms with van der Waals surface area (Å²) in [4.78, 5) is 15.4. The van der Waals surface area contributed by atoms with Crippen LogP contribution in [0.1, 0.15) is 31.2 Å². The van der Waals surface area contributed by atoms with E-state index in [0.29, 0.717) is 6.54 Å². The molecule has 2 aromatic rings. The largest absolute Gasteiger partial charge is 0.444 e.